The van der Waals surface area contributed by atoms with Crippen molar-refractivity contribution in [3.63, 3.8) is 0 Å². The van der Waals surface area contributed by atoms with Gasteiger partial charge in [-0.15, -0.1) is 0 Å². The minimum Gasteiger partial charge on any atom is -0.316 e. The van der Waals surface area contributed by atoms with E-state index in [1.165, 1.54) is 51.6 Å². The number of nitrogens with one attached hydrogen (secondary N) is 1. The number of hydrogen-bond donors (Lipinski definition) is 1. The van der Waals surface area contributed by atoms with Gasteiger partial charge in [-0.3, -0.25) is 0 Å². The molecular formula is C30H52N2. The normalized spacial score (nSPS) is 50.5. The maximum atomic E-state index is 4.14. The SMILES string of the molecule is CN(C)C1CCC(CNCC2CCC3CCC4CCCC5CCC2C3C45)C2CCCCC21. The van der Waals surface area contributed by atoms with Crippen LogP contribution in [-0.2, 0) is 0 Å². The van der Waals surface area contributed by atoms with E-state index in [1.54, 1.807) is 57.8 Å². The predicted molar refractivity (Wildman–Crippen MR) is 134 cm³/mol. The van der Waals surface area contributed by atoms with Crippen molar-refractivity contribution in [2.75, 3.05) is 27.2 Å². The summed E-state index contributed by atoms with van der Waals surface area (Å²) in [5, 5.41) is 4.14. The van der Waals surface area contributed by atoms with E-state index < -0.39 is 0 Å². The third-order valence-electron chi connectivity index (χ3n) is 12.3. The number of rotatable bonds is 5. The fourth-order valence-electron chi connectivity index (χ4n) is 11.1. The zero-order valence-electron chi connectivity index (χ0n) is 21.3. The molecule has 32 heavy (non-hydrogen) atoms. The average molecular weight is 441 g/mol. The molecule has 2 heteroatoms. The van der Waals surface area contributed by atoms with Crippen molar-refractivity contribution in [2.24, 2.45) is 59.2 Å². The van der Waals surface area contributed by atoms with Crippen molar-refractivity contribution in [1.82, 2.24) is 10.2 Å². The molecule has 11 atom stereocenters. The highest BCUT2D eigenvalue weighted by Gasteiger charge is 2.53. The molecule has 6 saturated carbocycles. The van der Waals surface area contributed by atoms with Gasteiger partial charge in [0.15, 0.2) is 0 Å². The molecule has 6 fully saturated rings. The molecule has 0 heterocycles. The second-order valence-corrected chi connectivity index (χ2v) is 13.7. The van der Waals surface area contributed by atoms with E-state index >= 15 is 0 Å². The highest BCUT2D eigenvalue weighted by atomic mass is 15.1. The van der Waals surface area contributed by atoms with E-state index in [0.29, 0.717) is 0 Å². The number of nitrogens with zero attached hydrogens (tertiary/aromatic N) is 1. The van der Waals surface area contributed by atoms with Gasteiger partial charge in [-0.25, -0.2) is 0 Å². The summed E-state index contributed by atoms with van der Waals surface area (Å²) in [5.41, 5.74) is 0. The van der Waals surface area contributed by atoms with Crippen LogP contribution in [0.1, 0.15) is 96.3 Å². The molecule has 0 radical (unpaired) electrons. The molecule has 0 spiro atoms. The molecule has 6 rings (SSSR count). The fourth-order valence-corrected chi connectivity index (χ4v) is 11.1. The maximum absolute atomic E-state index is 4.14. The monoisotopic (exact) mass is 440 g/mol. The molecule has 0 aliphatic heterocycles. The van der Waals surface area contributed by atoms with Crippen LogP contribution >= 0.6 is 0 Å². The van der Waals surface area contributed by atoms with Crippen molar-refractivity contribution in [3.05, 3.63) is 0 Å². The summed E-state index contributed by atoms with van der Waals surface area (Å²) in [5.74, 6) is 10.7. The summed E-state index contributed by atoms with van der Waals surface area (Å²) in [6.07, 6.45) is 23.1. The van der Waals surface area contributed by atoms with Crippen LogP contribution in [-0.4, -0.2) is 38.1 Å². The van der Waals surface area contributed by atoms with Crippen LogP contribution in [0.3, 0.4) is 0 Å². The van der Waals surface area contributed by atoms with E-state index in [2.05, 4.69) is 24.3 Å². The highest BCUT2D eigenvalue weighted by Crippen LogP contribution is 2.61. The molecule has 11 unspecified atom stereocenters. The molecule has 0 saturated heterocycles. The van der Waals surface area contributed by atoms with Crippen LogP contribution < -0.4 is 5.32 Å². The van der Waals surface area contributed by atoms with Gasteiger partial charge in [0, 0.05) is 6.04 Å². The summed E-state index contributed by atoms with van der Waals surface area (Å²) < 4.78 is 0. The second kappa shape index (κ2) is 9.52. The Morgan fingerprint density at radius 2 is 1.12 bits per heavy atom. The molecule has 6 aliphatic carbocycles. The third-order valence-corrected chi connectivity index (χ3v) is 12.3. The van der Waals surface area contributed by atoms with Crippen molar-refractivity contribution in [2.45, 2.75) is 102 Å². The van der Waals surface area contributed by atoms with Gasteiger partial charge in [-0.1, -0.05) is 32.1 Å². The summed E-state index contributed by atoms with van der Waals surface area (Å²) in [4.78, 5) is 2.56. The topological polar surface area (TPSA) is 15.3 Å². The van der Waals surface area contributed by atoms with Crippen molar-refractivity contribution >= 4 is 0 Å². The maximum Gasteiger partial charge on any atom is 0.0120 e. The summed E-state index contributed by atoms with van der Waals surface area (Å²) in [6, 6.07) is 0.858. The minimum atomic E-state index is 0.858. The van der Waals surface area contributed by atoms with Gasteiger partial charge >= 0.3 is 0 Å². The van der Waals surface area contributed by atoms with E-state index in [1.807, 2.05) is 0 Å². The van der Waals surface area contributed by atoms with Gasteiger partial charge in [0.1, 0.15) is 0 Å². The molecule has 0 aromatic carbocycles. The van der Waals surface area contributed by atoms with Gasteiger partial charge in [0.25, 0.3) is 0 Å². The lowest BCUT2D eigenvalue weighted by Crippen LogP contribution is -2.53. The Kier molecular flexibility index (Phi) is 6.66. The zero-order valence-corrected chi connectivity index (χ0v) is 21.3. The largest absolute Gasteiger partial charge is 0.316 e. The van der Waals surface area contributed by atoms with Crippen LogP contribution in [0.4, 0.5) is 0 Å². The first-order chi connectivity index (χ1) is 15.7. The van der Waals surface area contributed by atoms with Gasteiger partial charge in [0.2, 0.25) is 0 Å². The molecule has 0 bridgehead atoms. The molecule has 0 aromatic heterocycles. The average Bonchev–Trinajstić information content (AvgIpc) is 2.83. The lowest BCUT2D eigenvalue weighted by atomic mass is 9.46. The van der Waals surface area contributed by atoms with Gasteiger partial charge < -0.3 is 10.2 Å². The van der Waals surface area contributed by atoms with E-state index in [-0.39, 0.29) is 0 Å². The molecule has 1 N–H and O–H groups in total. The lowest BCUT2D eigenvalue weighted by molar-refractivity contribution is -0.0961. The Balaban J connectivity index is 1.07. The molecular weight excluding hydrogens is 388 g/mol. The first-order valence-electron chi connectivity index (χ1n) is 15.1. The standard InChI is InChI=1S/C30H52N2/c1-32(2)28-17-15-23(25-8-3-4-9-27(25)28)18-31-19-24-13-12-22-11-10-20-6-5-7-21-14-16-26(24)30(22)29(20)21/h20-31H,3-19H2,1-2H3. The quantitative estimate of drug-likeness (QED) is 0.518. The minimum absolute atomic E-state index is 0.858. The lowest BCUT2D eigenvalue weighted by Gasteiger charge is -2.59. The highest BCUT2D eigenvalue weighted by molar-refractivity contribution is 5.03. The van der Waals surface area contributed by atoms with Gasteiger partial charge in [-0.2, -0.15) is 0 Å². The van der Waals surface area contributed by atoms with Crippen LogP contribution in [0, 0.1) is 59.2 Å². The molecule has 182 valence electrons. The summed E-state index contributed by atoms with van der Waals surface area (Å²) in [7, 11) is 4.67. The summed E-state index contributed by atoms with van der Waals surface area (Å²) in [6.45, 7) is 2.67. The van der Waals surface area contributed by atoms with Crippen LogP contribution in [0.2, 0.25) is 0 Å². The smallest absolute Gasteiger partial charge is 0.0120 e. The molecule has 2 nitrogen and oxygen atoms in total. The first-order valence-corrected chi connectivity index (χ1v) is 15.1. The van der Waals surface area contributed by atoms with Gasteiger partial charge in [-0.05, 0) is 151 Å². The molecule has 6 aliphatic rings. The Bertz CT molecular complexity index is 624. The predicted octanol–water partition coefficient (Wildman–Crippen LogP) is 6.60. The number of fused-ring (bicyclic) bond motifs is 1. The Labute approximate surface area is 199 Å². The molecule has 0 amide bonds. The Hall–Kier alpha value is -0.0800. The van der Waals surface area contributed by atoms with Crippen molar-refractivity contribution in [3.8, 4) is 0 Å². The van der Waals surface area contributed by atoms with Crippen LogP contribution in [0.5, 0.6) is 0 Å². The Morgan fingerprint density at radius 3 is 1.88 bits per heavy atom. The van der Waals surface area contributed by atoms with Crippen molar-refractivity contribution in [1.29, 1.82) is 0 Å². The Morgan fingerprint density at radius 1 is 0.531 bits per heavy atom. The van der Waals surface area contributed by atoms with Crippen molar-refractivity contribution < 1.29 is 0 Å². The second-order valence-electron chi connectivity index (χ2n) is 13.7. The number of hydrogen-bond acceptors (Lipinski definition) is 2. The van der Waals surface area contributed by atoms with E-state index in [0.717, 1.165) is 65.2 Å². The van der Waals surface area contributed by atoms with E-state index in [4.69, 9.17) is 0 Å². The van der Waals surface area contributed by atoms with E-state index in [9.17, 15) is 0 Å². The van der Waals surface area contributed by atoms with Crippen LogP contribution in [0.15, 0.2) is 0 Å². The fraction of sp³-hybridized carbons (Fsp3) is 1.00. The third kappa shape index (κ3) is 4.02. The van der Waals surface area contributed by atoms with Gasteiger partial charge in [0.05, 0.1) is 0 Å². The first kappa shape index (κ1) is 22.4. The zero-order chi connectivity index (χ0) is 21.7. The van der Waals surface area contributed by atoms with Crippen LogP contribution in [0.25, 0.3) is 0 Å². The summed E-state index contributed by atoms with van der Waals surface area (Å²) >= 11 is 0. The molecule has 0 aromatic rings.